The molecule has 2 aliphatic rings. The molecule has 3 aromatic carbocycles. The van der Waals surface area contributed by atoms with Crippen LogP contribution >= 0.6 is 0 Å². The summed E-state index contributed by atoms with van der Waals surface area (Å²) in [6.45, 7) is 1.40. The Morgan fingerprint density at radius 1 is 0.974 bits per heavy atom. The largest absolute Gasteiger partial charge is 0.478 e. The van der Waals surface area contributed by atoms with Crippen LogP contribution in [-0.4, -0.2) is 65.2 Å². The molecular formula is C30H31N3O5. The second-order valence-corrected chi connectivity index (χ2v) is 9.71. The first-order chi connectivity index (χ1) is 18.5. The van der Waals surface area contributed by atoms with E-state index < -0.39 is 18.1 Å². The Bertz CT molecular complexity index is 1310. The zero-order valence-corrected chi connectivity index (χ0v) is 21.1. The highest BCUT2D eigenvalue weighted by molar-refractivity contribution is 5.88. The summed E-state index contributed by atoms with van der Waals surface area (Å²) in [6, 6.07) is 22.2. The zero-order valence-electron chi connectivity index (χ0n) is 21.1. The summed E-state index contributed by atoms with van der Waals surface area (Å²) in [6.07, 6.45) is 0.744. The fourth-order valence-corrected chi connectivity index (χ4v) is 5.58. The lowest BCUT2D eigenvalue weighted by Gasteiger charge is -2.30. The van der Waals surface area contributed by atoms with Gasteiger partial charge in [-0.1, -0.05) is 60.7 Å². The first kappa shape index (κ1) is 25.5. The van der Waals surface area contributed by atoms with Crippen LogP contribution in [0.2, 0.25) is 0 Å². The number of amides is 2. The number of carbonyl (C=O) groups is 3. The molecule has 8 nitrogen and oxygen atoms in total. The van der Waals surface area contributed by atoms with Gasteiger partial charge >= 0.3 is 12.1 Å². The van der Waals surface area contributed by atoms with Gasteiger partial charge in [0, 0.05) is 32.1 Å². The van der Waals surface area contributed by atoms with E-state index in [4.69, 9.17) is 10.5 Å². The quantitative estimate of drug-likeness (QED) is 0.469. The number of aromatic carboxylic acids is 1. The molecule has 38 heavy (non-hydrogen) atoms. The molecule has 0 bridgehead atoms. The van der Waals surface area contributed by atoms with Crippen molar-refractivity contribution in [1.29, 1.82) is 0 Å². The number of rotatable bonds is 8. The second-order valence-electron chi connectivity index (χ2n) is 9.71. The molecule has 1 fully saturated rings. The Morgan fingerprint density at radius 2 is 1.66 bits per heavy atom. The van der Waals surface area contributed by atoms with E-state index in [1.165, 1.54) is 11.0 Å². The van der Waals surface area contributed by atoms with Gasteiger partial charge in [-0.25, -0.2) is 9.59 Å². The van der Waals surface area contributed by atoms with Crippen LogP contribution in [0.5, 0.6) is 0 Å². The van der Waals surface area contributed by atoms with E-state index in [-0.39, 0.29) is 37.1 Å². The molecule has 1 aliphatic heterocycles. The van der Waals surface area contributed by atoms with Crippen molar-refractivity contribution in [3.05, 3.63) is 95.1 Å². The fraction of sp³-hybridized carbons (Fsp3) is 0.300. The van der Waals surface area contributed by atoms with Crippen molar-refractivity contribution in [3.8, 4) is 11.1 Å². The van der Waals surface area contributed by atoms with E-state index in [0.29, 0.717) is 31.5 Å². The normalized spacial score (nSPS) is 16.1. The zero-order chi connectivity index (χ0) is 26.6. The molecule has 1 atom stereocenters. The number of carbonyl (C=O) groups excluding carboxylic acids is 2. The van der Waals surface area contributed by atoms with Gasteiger partial charge in [-0.05, 0) is 52.8 Å². The summed E-state index contributed by atoms with van der Waals surface area (Å²) in [5.41, 5.74) is 11.2. The van der Waals surface area contributed by atoms with Crippen molar-refractivity contribution >= 4 is 18.0 Å². The average Bonchev–Trinajstić information content (AvgIpc) is 3.55. The number of hydrogen-bond donors (Lipinski definition) is 2. The van der Waals surface area contributed by atoms with E-state index >= 15 is 0 Å². The van der Waals surface area contributed by atoms with Gasteiger partial charge in [0.15, 0.2) is 0 Å². The average molecular weight is 514 g/mol. The number of nitrogens with zero attached hydrogens (tertiary/aromatic N) is 2. The molecule has 0 spiro atoms. The van der Waals surface area contributed by atoms with Crippen molar-refractivity contribution in [1.82, 2.24) is 9.80 Å². The van der Waals surface area contributed by atoms with Crippen molar-refractivity contribution in [2.24, 2.45) is 5.73 Å². The van der Waals surface area contributed by atoms with Crippen LogP contribution in [0.1, 0.15) is 45.8 Å². The van der Waals surface area contributed by atoms with Crippen LogP contribution in [0, 0.1) is 0 Å². The number of nitrogens with two attached hydrogens (primary N) is 1. The van der Waals surface area contributed by atoms with Gasteiger partial charge in [0.05, 0.1) is 5.56 Å². The number of benzene rings is 3. The molecular weight excluding hydrogens is 482 g/mol. The van der Waals surface area contributed by atoms with Crippen LogP contribution in [0.15, 0.2) is 72.8 Å². The molecule has 3 aromatic rings. The molecule has 0 aromatic heterocycles. The predicted molar refractivity (Wildman–Crippen MR) is 143 cm³/mol. The molecule has 196 valence electrons. The van der Waals surface area contributed by atoms with E-state index in [9.17, 15) is 19.5 Å². The summed E-state index contributed by atoms with van der Waals surface area (Å²) < 4.78 is 5.83. The van der Waals surface area contributed by atoms with Gasteiger partial charge in [-0.2, -0.15) is 0 Å². The van der Waals surface area contributed by atoms with Crippen molar-refractivity contribution in [3.63, 3.8) is 0 Å². The van der Waals surface area contributed by atoms with Gasteiger partial charge in [-0.15, -0.1) is 0 Å². The SMILES string of the molecule is NCCN(Cc1cccc(C(=O)O)c1)C(=O)[C@H]1CCCN1C(=O)OCC1c2ccccc2-c2ccccc21. The number of hydrogen-bond acceptors (Lipinski definition) is 5. The van der Waals surface area contributed by atoms with Crippen LogP contribution in [-0.2, 0) is 16.1 Å². The maximum atomic E-state index is 13.6. The standard InChI is InChI=1S/C30H31N3O5/c31-14-16-32(18-20-7-5-8-21(17-20)29(35)36)28(34)27-13-6-15-33(27)30(37)38-19-26-24-11-3-1-9-22(24)23-10-2-4-12-25(23)26/h1-5,7-12,17,26-27H,6,13-16,18-19,31H2,(H,35,36)/t27-/m1/s1. The van der Waals surface area contributed by atoms with Crippen LogP contribution < -0.4 is 5.73 Å². The fourth-order valence-electron chi connectivity index (χ4n) is 5.58. The molecule has 8 heteroatoms. The number of carboxylic acid groups (broad SMARTS) is 1. The summed E-state index contributed by atoms with van der Waals surface area (Å²) in [5.74, 6) is -1.29. The minimum atomic E-state index is -1.03. The summed E-state index contributed by atoms with van der Waals surface area (Å²) in [7, 11) is 0. The highest BCUT2D eigenvalue weighted by atomic mass is 16.6. The monoisotopic (exact) mass is 513 g/mol. The van der Waals surface area contributed by atoms with Gasteiger partial charge in [0.25, 0.3) is 0 Å². The van der Waals surface area contributed by atoms with Gasteiger partial charge < -0.3 is 20.5 Å². The Balaban J connectivity index is 1.28. The second kappa shape index (κ2) is 11.1. The molecule has 2 amide bonds. The Hall–Kier alpha value is -4.17. The van der Waals surface area contributed by atoms with E-state index in [1.54, 1.807) is 23.1 Å². The molecule has 5 rings (SSSR count). The minimum absolute atomic E-state index is 0.0571. The first-order valence-electron chi connectivity index (χ1n) is 12.9. The smallest absolute Gasteiger partial charge is 0.410 e. The Kier molecular flexibility index (Phi) is 7.42. The highest BCUT2D eigenvalue weighted by Crippen LogP contribution is 2.44. The number of carboxylic acids is 1. The summed E-state index contributed by atoms with van der Waals surface area (Å²) in [5, 5.41) is 9.30. The maximum absolute atomic E-state index is 13.6. The molecule has 0 saturated carbocycles. The van der Waals surface area contributed by atoms with Crippen LogP contribution in [0.3, 0.4) is 0 Å². The summed E-state index contributed by atoms with van der Waals surface area (Å²) in [4.78, 5) is 41.3. The molecule has 1 heterocycles. The lowest BCUT2D eigenvalue weighted by atomic mass is 9.98. The number of ether oxygens (including phenoxy) is 1. The Morgan fingerprint density at radius 3 is 2.32 bits per heavy atom. The third-order valence-electron chi connectivity index (χ3n) is 7.37. The predicted octanol–water partition coefficient (Wildman–Crippen LogP) is 4.09. The molecule has 3 N–H and O–H groups in total. The minimum Gasteiger partial charge on any atom is -0.478 e. The van der Waals surface area contributed by atoms with Crippen LogP contribution in [0.4, 0.5) is 4.79 Å². The lowest BCUT2D eigenvalue weighted by Crippen LogP contribution is -2.49. The third kappa shape index (κ3) is 4.99. The summed E-state index contributed by atoms with van der Waals surface area (Å²) >= 11 is 0. The third-order valence-corrected chi connectivity index (χ3v) is 7.37. The lowest BCUT2D eigenvalue weighted by molar-refractivity contribution is -0.136. The van der Waals surface area contributed by atoms with E-state index in [0.717, 1.165) is 22.3 Å². The number of fused-ring (bicyclic) bond motifs is 3. The molecule has 1 aliphatic carbocycles. The topological polar surface area (TPSA) is 113 Å². The van der Waals surface area contributed by atoms with Crippen LogP contribution in [0.25, 0.3) is 11.1 Å². The van der Waals surface area contributed by atoms with Gasteiger partial charge in [0.2, 0.25) is 5.91 Å². The highest BCUT2D eigenvalue weighted by Gasteiger charge is 2.38. The first-order valence-corrected chi connectivity index (χ1v) is 12.9. The molecule has 0 unspecified atom stereocenters. The Labute approximate surface area is 221 Å². The van der Waals surface area contributed by atoms with E-state index in [2.05, 4.69) is 24.3 Å². The van der Waals surface area contributed by atoms with Gasteiger partial charge in [0.1, 0.15) is 12.6 Å². The van der Waals surface area contributed by atoms with Gasteiger partial charge in [-0.3, -0.25) is 9.69 Å². The number of likely N-dealkylation sites (tertiary alicyclic amines) is 1. The molecule has 0 radical (unpaired) electrons. The molecule has 1 saturated heterocycles. The maximum Gasteiger partial charge on any atom is 0.410 e. The van der Waals surface area contributed by atoms with Crippen molar-refractivity contribution < 1.29 is 24.2 Å². The van der Waals surface area contributed by atoms with E-state index in [1.807, 2.05) is 24.3 Å². The van der Waals surface area contributed by atoms with Crippen molar-refractivity contribution in [2.45, 2.75) is 31.3 Å². The van der Waals surface area contributed by atoms with Crippen molar-refractivity contribution in [2.75, 3.05) is 26.2 Å².